The highest BCUT2D eigenvalue weighted by Gasteiger charge is 2.27. The molecule has 0 fully saturated rings. The van der Waals surface area contributed by atoms with E-state index in [0.29, 0.717) is 23.9 Å². The van der Waals surface area contributed by atoms with Gasteiger partial charge < -0.3 is 18.9 Å². The molecule has 0 rings (SSSR count). The fourth-order valence-electron chi connectivity index (χ4n) is 5.93. The van der Waals surface area contributed by atoms with Crippen molar-refractivity contribution >= 4 is 19.8 Å². The Morgan fingerprint density at radius 3 is 1.47 bits per heavy atom. The monoisotopic (exact) mass is 823 g/mol. The number of quaternary nitrogens is 1. The van der Waals surface area contributed by atoms with Crippen LogP contribution in [0, 0.1) is 0 Å². The number of likely N-dealkylation sites (N-methyl/N-ethyl adjacent to an activating group) is 1. The lowest BCUT2D eigenvalue weighted by Crippen LogP contribution is -2.37. The van der Waals surface area contributed by atoms with E-state index in [4.69, 9.17) is 18.5 Å². The number of hydrogen-bond donors (Lipinski definition) is 1. The van der Waals surface area contributed by atoms with E-state index in [9.17, 15) is 19.0 Å². The zero-order valence-corrected chi connectivity index (χ0v) is 38.0. The molecule has 0 aromatic rings. The van der Waals surface area contributed by atoms with Crippen LogP contribution < -0.4 is 0 Å². The summed E-state index contributed by atoms with van der Waals surface area (Å²) in [6.45, 7) is 4.19. The van der Waals surface area contributed by atoms with Gasteiger partial charge in [-0.05, 0) is 25.7 Å². The average molecular weight is 823 g/mol. The lowest BCUT2D eigenvalue weighted by Gasteiger charge is -2.24. The van der Waals surface area contributed by atoms with Crippen LogP contribution in [0.25, 0.3) is 0 Å². The first-order chi connectivity index (χ1) is 27.5. The Labute approximate surface area is 349 Å². The van der Waals surface area contributed by atoms with Crippen LogP contribution >= 0.6 is 7.82 Å². The Morgan fingerprint density at radius 2 is 1.00 bits per heavy atom. The van der Waals surface area contributed by atoms with E-state index in [0.717, 1.165) is 25.7 Å². The molecule has 10 heteroatoms. The van der Waals surface area contributed by atoms with Crippen LogP contribution in [0.4, 0.5) is 0 Å². The molecule has 0 spiro atoms. The number of rotatable bonds is 40. The van der Waals surface area contributed by atoms with Crippen LogP contribution in [-0.2, 0) is 32.7 Å². The van der Waals surface area contributed by atoms with E-state index in [1.807, 2.05) is 75.8 Å². The minimum atomic E-state index is -4.39. The molecule has 0 bridgehead atoms. The van der Waals surface area contributed by atoms with Crippen molar-refractivity contribution in [2.45, 2.75) is 180 Å². The van der Waals surface area contributed by atoms with E-state index in [2.05, 4.69) is 19.9 Å². The smallest absolute Gasteiger partial charge is 0.462 e. The molecular formula is C47H85NO8P+. The van der Waals surface area contributed by atoms with Crippen molar-refractivity contribution in [3.05, 3.63) is 60.8 Å². The van der Waals surface area contributed by atoms with Crippen LogP contribution in [0.2, 0.25) is 0 Å². The van der Waals surface area contributed by atoms with Gasteiger partial charge in [0.05, 0.1) is 27.7 Å². The Bertz CT molecular complexity index is 1160. The Balaban J connectivity index is 4.34. The van der Waals surface area contributed by atoms with Crippen LogP contribution in [0.5, 0.6) is 0 Å². The third-order valence-corrected chi connectivity index (χ3v) is 10.4. The fraction of sp³-hybridized carbons (Fsp3) is 0.745. The molecule has 0 aromatic heterocycles. The fourth-order valence-corrected chi connectivity index (χ4v) is 6.67. The minimum Gasteiger partial charge on any atom is -0.462 e. The van der Waals surface area contributed by atoms with Crippen molar-refractivity contribution in [2.24, 2.45) is 0 Å². The molecule has 57 heavy (non-hydrogen) atoms. The lowest BCUT2D eigenvalue weighted by molar-refractivity contribution is -0.870. The van der Waals surface area contributed by atoms with Crippen LogP contribution in [-0.4, -0.2) is 74.9 Å². The van der Waals surface area contributed by atoms with Gasteiger partial charge >= 0.3 is 19.8 Å². The minimum absolute atomic E-state index is 0.0167. The zero-order chi connectivity index (χ0) is 42.1. The number of phosphoric acid groups is 1. The van der Waals surface area contributed by atoms with Gasteiger partial charge in [0.1, 0.15) is 19.8 Å². The molecule has 0 saturated heterocycles. The first-order valence-corrected chi connectivity index (χ1v) is 24.1. The zero-order valence-electron chi connectivity index (χ0n) is 37.1. The van der Waals surface area contributed by atoms with E-state index in [-0.39, 0.29) is 32.0 Å². The number of hydrogen-bond acceptors (Lipinski definition) is 7. The number of carbonyl (C=O) groups is 2. The second-order valence-corrected chi connectivity index (χ2v) is 17.6. The summed E-state index contributed by atoms with van der Waals surface area (Å²) < 4.78 is 34.2. The van der Waals surface area contributed by atoms with Crippen molar-refractivity contribution < 1.29 is 42.1 Å². The second kappa shape index (κ2) is 39.2. The standard InChI is InChI=1S/C47H84NO8P/c1-6-8-10-12-14-16-18-20-21-22-23-24-25-26-28-29-31-33-35-37-39-46(49)53-43-45(44-55-57(51,52)54-42-41-48(3,4)5)56-47(50)40-38-36-34-32-30-27-19-17-15-13-11-9-7-2/h9,11,13,15,17,19,27,30,32,34,45H,6-8,10,12,14,16,18,20-26,28-29,31,33,35-44H2,1-5H3/p+1/b11-9+,15-13+,19-17+,30-27+,34-32+. The largest absolute Gasteiger partial charge is 0.472 e. The van der Waals surface area contributed by atoms with Gasteiger partial charge in [0.2, 0.25) is 0 Å². The molecule has 2 atom stereocenters. The number of allylic oxidation sites excluding steroid dienone is 10. The maximum absolute atomic E-state index is 12.6. The average Bonchev–Trinajstić information content (AvgIpc) is 3.16. The van der Waals surface area contributed by atoms with Crippen molar-refractivity contribution in [3.8, 4) is 0 Å². The molecule has 0 aliphatic heterocycles. The number of phosphoric ester groups is 1. The summed E-state index contributed by atoms with van der Waals surface area (Å²) in [5.41, 5.74) is 0. The summed E-state index contributed by atoms with van der Waals surface area (Å²) in [6, 6.07) is 0. The van der Waals surface area contributed by atoms with E-state index < -0.39 is 26.5 Å². The Kier molecular flexibility index (Phi) is 37.6. The molecule has 0 aliphatic carbocycles. The third-order valence-electron chi connectivity index (χ3n) is 9.44. The van der Waals surface area contributed by atoms with Gasteiger partial charge in [-0.3, -0.25) is 18.6 Å². The predicted molar refractivity (Wildman–Crippen MR) is 238 cm³/mol. The molecule has 0 heterocycles. The lowest BCUT2D eigenvalue weighted by atomic mass is 10.0. The third kappa shape index (κ3) is 43.1. The van der Waals surface area contributed by atoms with Gasteiger partial charge in [-0.25, -0.2) is 4.57 Å². The summed E-state index contributed by atoms with van der Waals surface area (Å²) >= 11 is 0. The van der Waals surface area contributed by atoms with Gasteiger partial charge in [0.25, 0.3) is 0 Å². The molecule has 1 N–H and O–H groups in total. The Hall–Kier alpha value is -2.29. The summed E-state index contributed by atoms with van der Waals surface area (Å²) in [5, 5.41) is 0. The Morgan fingerprint density at radius 1 is 0.561 bits per heavy atom. The van der Waals surface area contributed by atoms with Crippen molar-refractivity contribution in [1.29, 1.82) is 0 Å². The highest BCUT2D eigenvalue weighted by atomic mass is 31.2. The molecule has 330 valence electrons. The summed E-state index contributed by atoms with van der Waals surface area (Å²) in [4.78, 5) is 35.3. The predicted octanol–water partition coefficient (Wildman–Crippen LogP) is 12.9. The highest BCUT2D eigenvalue weighted by molar-refractivity contribution is 7.47. The molecule has 0 aromatic carbocycles. The maximum Gasteiger partial charge on any atom is 0.472 e. The van der Waals surface area contributed by atoms with E-state index >= 15 is 0 Å². The van der Waals surface area contributed by atoms with Gasteiger partial charge in [-0.1, -0.05) is 197 Å². The first kappa shape index (κ1) is 54.7. The molecular weight excluding hydrogens is 737 g/mol. The summed E-state index contributed by atoms with van der Waals surface area (Å²) in [5.74, 6) is -0.884. The molecule has 0 saturated carbocycles. The number of carbonyl (C=O) groups excluding carboxylic acids is 2. The SMILES string of the molecule is CC/C=C/C=C/C=C/C=C/C=C/CCCC(=O)OC(COC(=O)CCCCCCCCCCCCCCCCCCCCCC)COP(=O)(O)OCC[N+](C)(C)C. The molecule has 0 aliphatic rings. The second-order valence-electron chi connectivity index (χ2n) is 16.2. The maximum atomic E-state index is 12.6. The van der Waals surface area contributed by atoms with E-state index in [1.165, 1.54) is 109 Å². The molecule has 9 nitrogen and oxygen atoms in total. The van der Waals surface area contributed by atoms with E-state index in [1.54, 1.807) is 0 Å². The topological polar surface area (TPSA) is 108 Å². The van der Waals surface area contributed by atoms with Crippen molar-refractivity contribution in [3.63, 3.8) is 0 Å². The van der Waals surface area contributed by atoms with Crippen molar-refractivity contribution in [1.82, 2.24) is 0 Å². The summed E-state index contributed by atoms with van der Waals surface area (Å²) in [6.07, 6.45) is 47.2. The van der Waals surface area contributed by atoms with Gasteiger partial charge in [-0.2, -0.15) is 0 Å². The number of ether oxygens (including phenoxy) is 2. The number of unbranched alkanes of at least 4 members (excludes halogenated alkanes) is 20. The summed E-state index contributed by atoms with van der Waals surface area (Å²) in [7, 11) is 1.43. The molecule has 2 unspecified atom stereocenters. The normalized spacial score (nSPS) is 14.1. The van der Waals surface area contributed by atoms with Gasteiger partial charge in [0.15, 0.2) is 6.10 Å². The van der Waals surface area contributed by atoms with Crippen LogP contribution in [0.3, 0.4) is 0 Å². The number of esters is 2. The highest BCUT2D eigenvalue weighted by Crippen LogP contribution is 2.43. The molecule has 0 radical (unpaired) electrons. The van der Waals surface area contributed by atoms with Crippen LogP contribution in [0.15, 0.2) is 60.8 Å². The van der Waals surface area contributed by atoms with Crippen molar-refractivity contribution in [2.75, 3.05) is 47.5 Å². The van der Waals surface area contributed by atoms with Crippen LogP contribution in [0.1, 0.15) is 174 Å². The quantitative estimate of drug-likeness (QED) is 0.0214. The van der Waals surface area contributed by atoms with Gasteiger partial charge in [0, 0.05) is 12.8 Å². The molecule has 0 amide bonds. The first-order valence-electron chi connectivity index (χ1n) is 22.6. The van der Waals surface area contributed by atoms with Gasteiger partial charge in [-0.15, -0.1) is 0 Å². The number of nitrogens with zero attached hydrogens (tertiary/aromatic N) is 1.